The van der Waals surface area contributed by atoms with E-state index in [1.165, 1.54) is 29.0 Å². The van der Waals surface area contributed by atoms with E-state index in [1.54, 1.807) is 48.2 Å². The molecule has 2 heterocycles. The van der Waals surface area contributed by atoms with Crippen molar-refractivity contribution >= 4 is 28.4 Å². The first kappa shape index (κ1) is 22.7. The lowest BCUT2D eigenvalue weighted by Gasteiger charge is -2.31. The lowest BCUT2D eigenvalue weighted by molar-refractivity contribution is 0.0622. The minimum atomic E-state index is -0.605. The van der Waals surface area contributed by atoms with Crippen LogP contribution in [0.2, 0.25) is 5.02 Å². The summed E-state index contributed by atoms with van der Waals surface area (Å²) in [6, 6.07) is 13.7. The van der Waals surface area contributed by atoms with Crippen molar-refractivity contribution in [3.05, 3.63) is 93.6 Å². The fraction of sp³-hybridized carbons (Fsp3) is 0.240. The molecule has 0 saturated carbocycles. The number of aromatic nitrogens is 2. The molecule has 0 aliphatic heterocycles. The standard InChI is InChI=1S/C25H23ClFN3O3/c1-15(2)14-29(25(32)22-9-6-12-33-22)16(3)23-28-21-8-5-4-7-18(21)24(31)30(23)17-10-11-20(27)19(26)13-17/h4-13,15-16H,14H2,1-3H3. The van der Waals surface area contributed by atoms with Gasteiger partial charge in [-0.05, 0) is 55.3 Å². The Morgan fingerprint density at radius 2 is 1.91 bits per heavy atom. The second-order valence-corrected chi connectivity index (χ2v) is 8.64. The predicted octanol–water partition coefficient (Wildman–Crippen LogP) is 5.63. The van der Waals surface area contributed by atoms with Gasteiger partial charge in [0.05, 0.1) is 33.9 Å². The number of amides is 1. The highest BCUT2D eigenvalue weighted by atomic mass is 35.5. The molecule has 2 aromatic carbocycles. The highest BCUT2D eigenvalue weighted by Crippen LogP contribution is 2.27. The Hall–Kier alpha value is -3.45. The summed E-state index contributed by atoms with van der Waals surface area (Å²) in [7, 11) is 0. The number of carbonyl (C=O) groups excluding carboxylic acids is 1. The van der Waals surface area contributed by atoms with E-state index in [9.17, 15) is 14.0 Å². The molecule has 8 heteroatoms. The number of carbonyl (C=O) groups is 1. The zero-order valence-corrected chi connectivity index (χ0v) is 19.2. The summed E-state index contributed by atoms with van der Waals surface area (Å²) in [6.07, 6.45) is 1.44. The van der Waals surface area contributed by atoms with Gasteiger partial charge >= 0.3 is 0 Å². The van der Waals surface area contributed by atoms with Crippen molar-refractivity contribution in [3.8, 4) is 5.69 Å². The summed E-state index contributed by atoms with van der Waals surface area (Å²) in [5.74, 6) is -0.227. The topological polar surface area (TPSA) is 68.3 Å². The van der Waals surface area contributed by atoms with Crippen LogP contribution >= 0.6 is 11.6 Å². The third-order valence-corrected chi connectivity index (χ3v) is 5.65. The SMILES string of the molecule is CC(C)CN(C(=O)c1ccco1)C(C)c1nc2ccccc2c(=O)n1-c1ccc(F)c(Cl)c1. The van der Waals surface area contributed by atoms with E-state index < -0.39 is 11.9 Å². The summed E-state index contributed by atoms with van der Waals surface area (Å²) in [5.41, 5.74) is 0.533. The van der Waals surface area contributed by atoms with Gasteiger partial charge in [0.25, 0.3) is 11.5 Å². The molecule has 33 heavy (non-hydrogen) atoms. The molecular weight excluding hydrogens is 445 g/mol. The van der Waals surface area contributed by atoms with Gasteiger partial charge in [0, 0.05) is 6.54 Å². The highest BCUT2D eigenvalue weighted by Gasteiger charge is 2.29. The van der Waals surface area contributed by atoms with Crippen LogP contribution in [0.4, 0.5) is 4.39 Å². The molecule has 0 N–H and O–H groups in total. The second-order valence-electron chi connectivity index (χ2n) is 8.23. The fourth-order valence-electron chi connectivity index (χ4n) is 3.80. The van der Waals surface area contributed by atoms with E-state index in [-0.39, 0.29) is 28.2 Å². The van der Waals surface area contributed by atoms with Crippen molar-refractivity contribution < 1.29 is 13.6 Å². The normalized spacial score (nSPS) is 12.3. The largest absolute Gasteiger partial charge is 0.459 e. The molecule has 0 bridgehead atoms. The van der Waals surface area contributed by atoms with Gasteiger partial charge in [-0.2, -0.15) is 0 Å². The van der Waals surface area contributed by atoms with Crippen molar-refractivity contribution in [2.24, 2.45) is 5.92 Å². The molecule has 2 aromatic heterocycles. The molecule has 0 spiro atoms. The van der Waals surface area contributed by atoms with Gasteiger partial charge in [-0.15, -0.1) is 0 Å². The summed E-state index contributed by atoms with van der Waals surface area (Å²) in [4.78, 5) is 33.2. The zero-order chi connectivity index (χ0) is 23.7. The lowest BCUT2D eigenvalue weighted by Crippen LogP contribution is -2.39. The van der Waals surface area contributed by atoms with Crippen LogP contribution in [0.5, 0.6) is 0 Å². The first-order chi connectivity index (χ1) is 15.8. The molecule has 1 unspecified atom stereocenters. The van der Waals surface area contributed by atoms with E-state index in [0.29, 0.717) is 29.0 Å². The van der Waals surface area contributed by atoms with Gasteiger partial charge in [-0.1, -0.05) is 37.6 Å². The van der Waals surface area contributed by atoms with E-state index in [2.05, 4.69) is 0 Å². The quantitative estimate of drug-likeness (QED) is 0.368. The zero-order valence-electron chi connectivity index (χ0n) is 18.5. The van der Waals surface area contributed by atoms with Crippen LogP contribution in [-0.2, 0) is 0 Å². The molecule has 6 nitrogen and oxygen atoms in total. The number of nitrogens with zero attached hydrogens (tertiary/aromatic N) is 3. The molecule has 170 valence electrons. The number of para-hydroxylation sites is 1. The van der Waals surface area contributed by atoms with Gasteiger partial charge in [0.1, 0.15) is 11.6 Å². The smallest absolute Gasteiger partial charge is 0.290 e. The Morgan fingerprint density at radius 1 is 1.15 bits per heavy atom. The minimum Gasteiger partial charge on any atom is -0.459 e. The van der Waals surface area contributed by atoms with Crippen LogP contribution in [0.1, 0.15) is 43.2 Å². The number of halogens is 2. The molecule has 4 aromatic rings. The molecule has 0 radical (unpaired) electrons. The Kier molecular flexibility index (Phi) is 6.33. The monoisotopic (exact) mass is 467 g/mol. The average molecular weight is 468 g/mol. The van der Waals surface area contributed by atoms with Gasteiger partial charge in [0.2, 0.25) is 0 Å². The van der Waals surface area contributed by atoms with Gasteiger partial charge in [0.15, 0.2) is 5.76 Å². The van der Waals surface area contributed by atoms with Crippen molar-refractivity contribution in [1.29, 1.82) is 0 Å². The Bertz CT molecular complexity index is 1370. The molecule has 0 fully saturated rings. The Labute approximate surface area is 195 Å². The maximum atomic E-state index is 13.9. The molecule has 0 aliphatic rings. The van der Waals surface area contributed by atoms with E-state index >= 15 is 0 Å². The summed E-state index contributed by atoms with van der Waals surface area (Å²) < 4.78 is 20.6. The summed E-state index contributed by atoms with van der Waals surface area (Å²) in [5, 5.41) is 0.290. The number of benzene rings is 2. The van der Waals surface area contributed by atoms with Crippen LogP contribution in [0.25, 0.3) is 16.6 Å². The molecule has 0 aliphatic carbocycles. The van der Waals surface area contributed by atoms with Crippen molar-refractivity contribution in [2.45, 2.75) is 26.8 Å². The van der Waals surface area contributed by atoms with Gasteiger partial charge in [-0.3, -0.25) is 14.2 Å². The highest BCUT2D eigenvalue weighted by molar-refractivity contribution is 6.30. The summed E-state index contributed by atoms with van der Waals surface area (Å²) in [6.45, 7) is 6.21. The van der Waals surface area contributed by atoms with Crippen LogP contribution in [-0.4, -0.2) is 26.9 Å². The molecule has 0 saturated heterocycles. The first-order valence-electron chi connectivity index (χ1n) is 10.6. The van der Waals surface area contributed by atoms with Crippen molar-refractivity contribution in [3.63, 3.8) is 0 Å². The number of hydrogen-bond acceptors (Lipinski definition) is 4. The van der Waals surface area contributed by atoms with E-state index in [0.717, 1.165) is 0 Å². The maximum Gasteiger partial charge on any atom is 0.290 e. The Balaban J connectivity index is 1.94. The third kappa shape index (κ3) is 4.41. The Morgan fingerprint density at radius 3 is 2.58 bits per heavy atom. The van der Waals surface area contributed by atoms with E-state index in [1.807, 2.05) is 13.8 Å². The van der Waals surface area contributed by atoms with Crippen LogP contribution in [0, 0.1) is 11.7 Å². The molecular formula is C25H23ClFN3O3. The second kappa shape index (κ2) is 9.19. The minimum absolute atomic E-state index is 0.114. The number of hydrogen-bond donors (Lipinski definition) is 0. The summed E-state index contributed by atoms with van der Waals surface area (Å²) >= 11 is 6.03. The van der Waals surface area contributed by atoms with Crippen LogP contribution in [0.15, 0.2) is 70.1 Å². The van der Waals surface area contributed by atoms with E-state index in [4.69, 9.17) is 21.0 Å². The first-order valence-corrected chi connectivity index (χ1v) is 11.0. The number of fused-ring (bicyclic) bond motifs is 1. The van der Waals surface area contributed by atoms with Crippen LogP contribution < -0.4 is 5.56 Å². The van der Waals surface area contributed by atoms with Crippen molar-refractivity contribution in [2.75, 3.05) is 6.54 Å². The third-order valence-electron chi connectivity index (χ3n) is 5.36. The van der Waals surface area contributed by atoms with Crippen LogP contribution in [0.3, 0.4) is 0 Å². The van der Waals surface area contributed by atoms with Crippen molar-refractivity contribution in [1.82, 2.24) is 14.5 Å². The average Bonchev–Trinajstić information content (AvgIpc) is 3.33. The maximum absolute atomic E-state index is 13.9. The van der Waals surface area contributed by atoms with Gasteiger partial charge < -0.3 is 9.32 Å². The van der Waals surface area contributed by atoms with Gasteiger partial charge in [-0.25, -0.2) is 9.37 Å². The fourth-order valence-corrected chi connectivity index (χ4v) is 3.97. The molecule has 1 amide bonds. The predicted molar refractivity (Wildman–Crippen MR) is 125 cm³/mol. The lowest BCUT2D eigenvalue weighted by atomic mass is 10.1. The molecule has 1 atom stereocenters. The number of rotatable bonds is 6. The number of furan rings is 1. The molecule has 4 rings (SSSR count).